The second-order valence-corrected chi connectivity index (χ2v) is 16.7. The minimum Gasteiger partial charge on any atom is -0.477 e. The van der Waals surface area contributed by atoms with E-state index in [0.717, 1.165) is 32.1 Å². The maximum atomic E-state index is 12.6. The SMILES string of the molecule is CCCCCC/C=C/CCCC(=O)OC(COCCC(C(=O)O)[N+](C)(C)C)COC(=O)CCCCCCCCCCCCCCCCCCCCCCC. The van der Waals surface area contributed by atoms with E-state index in [4.69, 9.17) is 14.2 Å². The van der Waals surface area contributed by atoms with E-state index < -0.39 is 18.1 Å². The second kappa shape index (κ2) is 38.0. The van der Waals surface area contributed by atoms with Crippen LogP contribution in [-0.2, 0) is 28.6 Å². The predicted octanol–water partition coefficient (Wildman–Crippen LogP) is 12.3. The number of hydrogen-bond acceptors (Lipinski definition) is 6. The molecule has 0 aliphatic rings. The molecule has 0 aliphatic heterocycles. The van der Waals surface area contributed by atoms with Gasteiger partial charge in [0.2, 0.25) is 0 Å². The maximum absolute atomic E-state index is 12.6. The first-order valence-electron chi connectivity index (χ1n) is 22.7. The summed E-state index contributed by atoms with van der Waals surface area (Å²) in [5.74, 6) is -1.50. The van der Waals surface area contributed by atoms with Gasteiger partial charge in [-0.3, -0.25) is 9.59 Å². The molecule has 0 radical (unpaired) electrons. The maximum Gasteiger partial charge on any atom is 0.362 e. The van der Waals surface area contributed by atoms with Crippen LogP contribution in [0.5, 0.6) is 0 Å². The Hall–Kier alpha value is -1.93. The van der Waals surface area contributed by atoms with E-state index in [1.807, 2.05) is 21.1 Å². The molecule has 318 valence electrons. The van der Waals surface area contributed by atoms with E-state index in [1.165, 1.54) is 141 Å². The third-order valence-corrected chi connectivity index (χ3v) is 10.4. The summed E-state index contributed by atoms with van der Waals surface area (Å²) in [5.41, 5.74) is 0. The van der Waals surface area contributed by atoms with Crippen LogP contribution in [0.4, 0.5) is 0 Å². The highest BCUT2D eigenvalue weighted by Gasteiger charge is 2.31. The Morgan fingerprint density at radius 3 is 1.39 bits per heavy atom. The van der Waals surface area contributed by atoms with Crippen molar-refractivity contribution in [3.63, 3.8) is 0 Å². The number of quaternary nitrogens is 1. The molecule has 0 saturated heterocycles. The molecule has 0 saturated carbocycles. The summed E-state index contributed by atoms with van der Waals surface area (Å²) >= 11 is 0. The highest BCUT2D eigenvalue weighted by Crippen LogP contribution is 2.16. The van der Waals surface area contributed by atoms with Gasteiger partial charge in [-0.1, -0.05) is 174 Å². The van der Waals surface area contributed by atoms with Crippen LogP contribution in [0.1, 0.15) is 213 Å². The van der Waals surface area contributed by atoms with Crippen molar-refractivity contribution in [2.45, 2.75) is 225 Å². The summed E-state index contributed by atoms with van der Waals surface area (Å²) in [6, 6.07) is -0.613. The molecule has 0 aromatic carbocycles. The zero-order valence-electron chi connectivity index (χ0n) is 36.2. The van der Waals surface area contributed by atoms with Gasteiger partial charge in [0, 0.05) is 19.3 Å². The number of allylic oxidation sites excluding steroid dienone is 2. The highest BCUT2D eigenvalue weighted by molar-refractivity contribution is 5.72. The summed E-state index contributed by atoms with van der Waals surface area (Å²) in [5, 5.41) is 9.60. The molecule has 0 rings (SSSR count). The van der Waals surface area contributed by atoms with Crippen molar-refractivity contribution in [3.05, 3.63) is 12.2 Å². The van der Waals surface area contributed by atoms with Gasteiger partial charge in [0.25, 0.3) is 0 Å². The number of ether oxygens (including phenoxy) is 3. The number of aliphatic carboxylic acids is 1. The normalized spacial score (nSPS) is 13.0. The van der Waals surface area contributed by atoms with E-state index >= 15 is 0 Å². The highest BCUT2D eigenvalue weighted by atomic mass is 16.6. The van der Waals surface area contributed by atoms with Gasteiger partial charge >= 0.3 is 17.9 Å². The molecular formula is C46H88NO7+. The van der Waals surface area contributed by atoms with Gasteiger partial charge in [-0.25, -0.2) is 4.79 Å². The Labute approximate surface area is 333 Å². The summed E-state index contributed by atoms with van der Waals surface area (Å²) in [4.78, 5) is 36.8. The number of carboxylic acid groups (broad SMARTS) is 1. The molecule has 0 aromatic heterocycles. The van der Waals surface area contributed by atoms with Crippen molar-refractivity contribution in [2.24, 2.45) is 0 Å². The van der Waals surface area contributed by atoms with Crippen LogP contribution in [-0.4, -0.2) is 80.6 Å². The number of carbonyl (C=O) groups is 3. The van der Waals surface area contributed by atoms with Crippen LogP contribution < -0.4 is 0 Å². The fourth-order valence-corrected chi connectivity index (χ4v) is 6.86. The predicted molar refractivity (Wildman–Crippen MR) is 225 cm³/mol. The Morgan fingerprint density at radius 1 is 0.537 bits per heavy atom. The minimum absolute atomic E-state index is 0.0551. The molecule has 0 spiro atoms. The molecule has 2 unspecified atom stereocenters. The Morgan fingerprint density at radius 2 is 0.944 bits per heavy atom. The largest absolute Gasteiger partial charge is 0.477 e. The second-order valence-electron chi connectivity index (χ2n) is 16.7. The number of carboxylic acids is 1. The van der Waals surface area contributed by atoms with Gasteiger partial charge in [-0.2, -0.15) is 0 Å². The molecule has 0 aliphatic carbocycles. The number of rotatable bonds is 41. The van der Waals surface area contributed by atoms with Crippen LogP contribution in [0, 0.1) is 0 Å². The van der Waals surface area contributed by atoms with E-state index in [-0.39, 0.29) is 42.7 Å². The molecule has 54 heavy (non-hydrogen) atoms. The van der Waals surface area contributed by atoms with Gasteiger partial charge in [-0.15, -0.1) is 0 Å². The minimum atomic E-state index is -0.877. The first-order valence-corrected chi connectivity index (χ1v) is 22.7. The van der Waals surface area contributed by atoms with Crippen LogP contribution in [0.15, 0.2) is 12.2 Å². The Kier molecular flexibility index (Phi) is 36.6. The molecule has 8 heteroatoms. The van der Waals surface area contributed by atoms with Crippen molar-refractivity contribution in [2.75, 3.05) is 41.0 Å². The van der Waals surface area contributed by atoms with Crippen LogP contribution in [0.25, 0.3) is 0 Å². The van der Waals surface area contributed by atoms with Crippen molar-refractivity contribution in [1.82, 2.24) is 0 Å². The Balaban J connectivity index is 4.15. The summed E-state index contributed by atoms with van der Waals surface area (Å²) in [6.07, 6.45) is 39.9. The van der Waals surface area contributed by atoms with E-state index in [2.05, 4.69) is 26.0 Å². The number of esters is 2. The van der Waals surface area contributed by atoms with Crippen molar-refractivity contribution in [3.8, 4) is 0 Å². The van der Waals surface area contributed by atoms with E-state index in [0.29, 0.717) is 19.3 Å². The van der Waals surface area contributed by atoms with Gasteiger partial charge in [0.1, 0.15) is 6.61 Å². The van der Waals surface area contributed by atoms with Crippen LogP contribution >= 0.6 is 0 Å². The Bertz CT molecular complexity index is 900. The number of carbonyl (C=O) groups excluding carboxylic acids is 2. The number of nitrogens with zero attached hydrogens (tertiary/aromatic N) is 1. The van der Waals surface area contributed by atoms with Gasteiger partial charge in [0.05, 0.1) is 34.4 Å². The molecule has 2 atom stereocenters. The molecule has 0 fully saturated rings. The fraction of sp³-hybridized carbons (Fsp3) is 0.891. The lowest BCUT2D eigenvalue weighted by molar-refractivity contribution is -0.887. The van der Waals surface area contributed by atoms with Crippen molar-refractivity contribution >= 4 is 17.9 Å². The van der Waals surface area contributed by atoms with E-state index in [1.54, 1.807) is 0 Å². The third kappa shape index (κ3) is 35.8. The van der Waals surface area contributed by atoms with Gasteiger partial charge in [0.15, 0.2) is 12.1 Å². The number of hydrogen-bond donors (Lipinski definition) is 1. The fourth-order valence-electron chi connectivity index (χ4n) is 6.86. The first kappa shape index (κ1) is 52.1. The monoisotopic (exact) mass is 767 g/mol. The number of likely N-dealkylation sites (N-methyl/N-ethyl adjacent to an activating group) is 1. The molecule has 8 nitrogen and oxygen atoms in total. The molecule has 0 bridgehead atoms. The topological polar surface area (TPSA) is 99.1 Å². The lowest BCUT2D eigenvalue weighted by atomic mass is 10.0. The average Bonchev–Trinajstić information content (AvgIpc) is 3.12. The van der Waals surface area contributed by atoms with Crippen LogP contribution in [0.3, 0.4) is 0 Å². The quantitative estimate of drug-likeness (QED) is 0.0286. The molecule has 1 N–H and O–H groups in total. The first-order chi connectivity index (χ1) is 26.1. The van der Waals surface area contributed by atoms with Crippen molar-refractivity contribution in [1.29, 1.82) is 0 Å². The lowest BCUT2D eigenvalue weighted by Crippen LogP contribution is -2.50. The molecule has 0 heterocycles. The standard InChI is InChI=1S/C46H87NO7/c1-6-8-10-12-14-16-17-18-19-20-21-22-23-24-25-26-27-29-30-32-34-36-44(48)53-41-42(40-52-39-38-43(46(50)51)47(3,4)5)54-45(49)37-35-33-31-28-15-13-11-9-7-2/h28,31,42-43H,6-27,29-30,32-41H2,1-5H3/p+1/b31-28+. The summed E-state index contributed by atoms with van der Waals surface area (Å²) in [7, 11) is 5.52. The summed E-state index contributed by atoms with van der Waals surface area (Å²) < 4.78 is 17.2. The van der Waals surface area contributed by atoms with Crippen LogP contribution in [0.2, 0.25) is 0 Å². The summed E-state index contributed by atoms with van der Waals surface area (Å²) in [6.45, 7) is 4.70. The molecular weight excluding hydrogens is 679 g/mol. The zero-order chi connectivity index (χ0) is 40.0. The van der Waals surface area contributed by atoms with Gasteiger partial charge in [-0.05, 0) is 32.1 Å². The average molecular weight is 767 g/mol. The number of unbranched alkanes of at least 4 members (excludes halogenated alkanes) is 25. The van der Waals surface area contributed by atoms with E-state index in [9.17, 15) is 19.5 Å². The van der Waals surface area contributed by atoms with Gasteiger partial charge < -0.3 is 23.8 Å². The third-order valence-electron chi connectivity index (χ3n) is 10.4. The smallest absolute Gasteiger partial charge is 0.362 e. The van der Waals surface area contributed by atoms with Crippen molar-refractivity contribution < 1.29 is 38.2 Å². The lowest BCUT2D eigenvalue weighted by Gasteiger charge is -2.31. The molecule has 0 amide bonds. The zero-order valence-corrected chi connectivity index (χ0v) is 36.2. The molecule has 0 aromatic rings.